The van der Waals surface area contributed by atoms with E-state index in [9.17, 15) is 0 Å². The van der Waals surface area contributed by atoms with E-state index >= 15 is 0 Å². The van der Waals surface area contributed by atoms with E-state index in [-0.39, 0.29) is 0 Å². The normalized spacial score (nSPS) is 10.8. The minimum Gasteiger partial charge on any atom is -0.304 e. The highest BCUT2D eigenvalue weighted by Crippen LogP contribution is 2.14. The van der Waals surface area contributed by atoms with Crippen LogP contribution in [0.25, 0.3) is 0 Å². The lowest BCUT2D eigenvalue weighted by Crippen LogP contribution is -2.05. The third-order valence-corrected chi connectivity index (χ3v) is 3.37. The van der Waals surface area contributed by atoms with Gasteiger partial charge in [-0.15, -0.1) is 0 Å². The van der Waals surface area contributed by atoms with E-state index in [1.54, 1.807) is 0 Å². The third-order valence-electron chi connectivity index (χ3n) is 2.82. The molecule has 96 valence electrons. The number of rotatable bonds is 5. The quantitative estimate of drug-likeness (QED) is 0.841. The maximum Gasteiger partial charge on any atom is 0.195 e. The maximum absolute atomic E-state index is 5.98. The Morgan fingerprint density at radius 1 is 1.44 bits per heavy atom. The molecule has 2 rings (SSSR count). The third kappa shape index (κ3) is 3.21. The summed E-state index contributed by atoms with van der Waals surface area (Å²) in [6.45, 7) is 3.09. The van der Waals surface area contributed by atoms with E-state index in [2.05, 4.69) is 21.7 Å². The molecule has 0 fully saturated rings. The summed E-state index contributed by atoms with van der Waals surface area (Å²) < 4.78 is 2.76. The highest BCUT2D eigenvalue weighted by atomic mass is 35.5. The molecule has 0 bridgehead atoms. The van der Waals surface area contributed by atoms with Gasteiger partial charge in [0.15, 0.2) is 4.77 Å². The van der Waals surface area contributed by atoms with Gasteiger partial charge in [-0.25, -0.2) is 0 Å². The second-order valence-corrected chi connectivity index (χ2v) is 5.08. The van der Waals surface area contributed by atoms with Gasteiger partial charge in [0.25, 0.3) is 0 Å². The molecule has 3 nitrogen and oxygen atoms in total. The van der Waals surface area contributed by atoms with Gasteiger partial charge in [-0.1, -0.05) is 37.1 Å². The summed E-state index contributed by atoms with van der Waals surface area (Å²) in [5.74, 6) is 0.968. The van der Waals surface area contributed by atoms with Crippen LogP contribution in [0.15, 0.2) is 24.3 Å². The molecule has 0 spiro atoms. The number of H-pyrrole nitrogens is 1. The van der Waals surface area contributed by atoms with Crippen molar-refractivity contribution in [1.29, 1.82) is 0 Å². The molecule has 0 amide bonds. The molecule has 18 heavy (non-hydrogen) atoms. The summed E-state index contributed by atoms with van der Waals surface area (Å²) in [4.78, 5) is 0. The first-order valence-corrected chi connectivity index (χ1v) is 6.88. The van der Waals surface area contributed by atoms with Gasteiger partial charge in [-0.3, -0.25) is 5.10 Å². The highest BCUT2D eigenvalue weighted by Gasteiger charge is 2.06. The van der Waals surface area contributed by atoms with Crippen molar-refractivity contribution < 1.29 is 0 Å². The zero-order chi connectivity index (χ0) is 13.0. The SMILES string of the molecule is CCCCn1c(Cc2cccc(Cl)c2)n[nH]c1=S. The zero-order valence-electron chi connectivity index (χ0n) is 10.3. The van der Waals surface area contributed by atoms with E-state index in [0.717, 1.165) is 42.2 Å². The molecule has 0 aliphatic carbocycles. The molecule has 1 aromatic heterocycles. The first-order valence-electron chi connectivity index (χ1n) is 6.09. The number of hydrogen-bond donors (Lipinski definition) is 1. The minimum absolute atomic E-state index is 0.695. The first-order chi connectivity index (χ1) is 8.70. The van der Waals surface area contributed by atoms with Gasteiger partial charge in [0, 0.05) is 18.0 Å². The summed E-state index contributed by atoms with van der Waals surface area (Å²) in [5.41, 5.74) is 1.15. The van der Waals surface area contributed by atoms with E-state index in [0.29, 0.717) is 4.77 Å². The van der Waals surface area contributed by atoms with Crippen LogP contribution in [0.3, 0.4) is 0 Å². The number of aromatic amines is 1. The number of nitrogens with zero attached hydrogens (tertiary/aromatic N) is 2. The summed E-state index contributed by atoms with van der Waals surface area (Å²) in [6.07, 6.45) is 3.00. The summed E-state index contributed by atoms with van der Waals surface area (Å²) in [5, 5.41) is 7.91. The largest absolute Gasteiger partial charge is 0.304 e. The van der Waals surface area contributed by atoms with Crippen LogP contribution in [0.4, 0.5) is 0 Å². The lowest BCUT2D eigenvalue weighted by Gasteiger charge is -2.06. The van der Waals surface area contributed by atoms with Crippen molar-refractivity contribution >= 4 is 23.8 Å². The summed E-state index contributed by atoms with van der Waals surface area (Å²) in [6, 6.07) is 7.84. The Balaban J connectivity index is 2.21. The number of halogens is 1. The Hall–Kier alpha value is -1.13. The molecule has 0 saturated heterocycles. The average Bonchev–Trinajstić information content (AvgIpc) is 2.68. The number of benzene rings is 1. The molecule has 0 radical (unpaired) electrons. The maximum atomic E-state index is 5.98. The molecule has 5 heteroatoms. The van der Waals surface area contributed by atoms with Gasteiger partial charge < -0.3 is 4.57 Å². The summed E-state index contributed by atoms with van der Waals surface area (Å²) in [7, 11) is 0. The Kier molecular flexibility index (Phi) is 4.55. The number of unbranched alkanes of at least 4 members (excludes halogenated alkanes) is 1. The van der Waals surface area contributed by atoms with Crippen molar-refractivity contribution in [1.82, 2.24) is 14.8 Å². The molecule has 0 unspecified atom stereocenters. The van der Waals surface area contributed by atoms with Gasteiger partial charge in [0.05, 0.1) is 0 Å². The standard InChI is InChI=1S/C13H16ClN3S/c1-2-3-7-17-12(15-16-13(17)18)9-10-5-4-6-11(14)8-10/h4-6,8H,2-3,7,9H2,1H3,(H,16,18). The van der Waals surface area contributed by atoms with Crippen molar-refractivity contribution in [2.24, 2.45) is 0 Å². The Morgan fingerprint density at radius 3 is 3.00 bits per heavy atom. The van der Waals surface area contributed by atoms with Crippen LogP contribution in [0.1, 0.15) is 31.2 Å². The van der Waals surface area contributed by atoms with Crippen LogP contribution in [-0.4, -0.2) is 14.8 Å². The second-order valence-electron chi connectivity index (χ2n) is 4.26. The van der Waals surface area contributed by atoms with Crippen molar-refractivity contribution in [3.05, 3.63) is 45.4 Å². The zero-order valence-corrected chi connectivity index (χ0v) is 11.9. The fourth-order valence-electron chi connectivity index (χ4n) is 1.86. The van der Waals surface area contributed by atoms with Gasteiger partial charge in [-0.05, 0) is 36.3 Å². The fraction of sp³-hybridized carbons (Fsp3) is 0.385. The van der Waals surface area contributed by atoms with E-state index in [4.69, 9.17) is 23.8 Å². The molecule has 1 heterocycles. The molecule has 1 N–H and O–H groups in total. The average molecular weight is 282 g/mol. The lowest BCUT2D eigenvalue weighted by atomic mass is 10.1. The smallest absolute Gasteiger partial charge is 0.195 e. The monoisotopic (exact) mass is 281 g/mol. The van der Waals surface area contributed by atoms with Gasteiger partial charge in [0.2, 0.25) is 0 Å². The molecule has 0 atom stereocenters. The summed E-state index contributed by atoms with van der Waals surface area (Å²) >= 11 is 11.2. The number of aromatic nitrogens is 3. The topological polar surface area (TPSA) is 33.6 Å². The van der Waals surface area contributed by atoms with Crippen LogP contribution >= 0.6 is 23.8 Å². The van der Waals surface area contributed by atoms with Crippen LogP contribution in [0.2, 0.25) is 5.02 Å². The predicted molar refractivity (Wildman–Crippen MR) is 76.6 cm³/mol. The molecule has 2 aromatic rings. The van der Waals surface area contributed by atoms with Crippen molar-refractivity contribution in [2.75, 3.05) is 0 Å². The van der Waals surface area contributed by atoms with Gasteiger partial charge in [-0.2, -0.15) is 5.10 Å². The molecule has 0 aliphatic rings. The Labute approximate surface area is 117 Å². The highest BCUT2D eigenvalue weighted by molar-refractivity contribution is 7.71. The number of hydrogen-bond acceptors (Lipinski definition) is 2. The van der Waals surface area contributed by atoms with Crippen molar-refractivity contribution in [2.45, 2.75) is 32.7 Å². The first kappa shape index (κ1) is 13.3. The minimum atomic E-state index is 0.695. The van der Waals surface area contributed by atoms with Crippen molar-refractivity contribution in [3.8, 4) is 0 Å². The lowest BCUT2D eigenvalue weighted by molar-refractivity contribution is 0.603. The molecular weight excluding hydrogens is 266 g/mol. The van der Waals surface area contributed by atoms with Crippen LogP contribution in [0, 0.1) is 4.77 Å². The molecule has 0 aliphatic heterocycles. The van der Waals surface area contributed by atoms with E-state index in [1.807, 2.05) is 24.3 Å². The van der Waals surface area contributed by atoms with Gasteiger partial charge >= 0.3 is 0 Å². The predicted octanol–water partition coefficient (Wildman–Crippen LogP) is 3.98. The van der Waals surface area contributed by atoms with Gasteiger partial charge in [0.1, 0.15) is 5.82 Å². The van der Waals surface area contributed by atoms with Crippen LogP contribution in [0.5, 0.6) is 0 Å². The van der Waals surface area contributed by atoms with E-state index < -0.39 is 0 Å². The Bertz CT molecular complexity index is 574. The number of nitrogens with one attached hydrogen (secondary N) is 1. The second kappa shape index (κ2) is 6.16. The fourth-order valence-corrected chi connectivity index (χ4v) is 2.32. The molecule has 0 saturated carbocycles. The van der Waals surface area contributed by atoms with E-state index in [1.165, 1.54) is 0 Å². The van der Waals surface area contributed by atoms with Crippen LogP contribution < -0.4 is 0 Å². The molecular formula is C13H16ClN3S. The van der Waals surface area contributed by atoms with Crippen molar-refractivity contribution in [3.63, 3.8) is 0 Å². The molecule has 1 aromatic carbocycles. The Morgan fingerprint density at radius 2 is 2.28 bits per heavy atom. The van der Waals surface area contributed by atoms with Crippen LogP contribution in [-0.2, 0) is 13.0 Å².